The van der Waals surface area contributed by atoms with Gasteiger partial charge in [-0.15, -0.1) is 0 Å². The van der Waals surface area contributed by atoms with E-state index in [9.17, 15) is 17.6 Å². The van der Waals surface area contributed by atoms with Crippen molar-refractivity contribution < 1.29 is 17.6 Å². The first kappa shape index (κ1) is 16.2. The number of hydrogen-bond acceptors (Lipinski definition) is 2. The number of benzene rings is 1. The Bertz CT molecular complexity index is 467. The van der Waals surface area contributed by atoms with E-state index in [4.69, 9.17) is 5.73 Å². The normalized spacial score (nSPS) is 18.7. The van der Waals surface area contributed by atoms with Crippen LogP contribution in [0.1, 0.15) is 49.3 Å². The summed E-state index contributed by atoms with van der Waals surface area (Å²) in [6, 6.07) is 2.35. The van der Waals surface area contributed by atoms with Gasteiger partial charge in [-0.05, 0) is 30.5 Å². The Morgan fingerprint density at radius 2 is 1.86 bits per heavy atom. The Morgan fingerprint density at radius 1 is 1.19 bits per heavy atom. The highest BCUT2D eigenvalue weighted by atomic mass is 19.4. The van der Waals surface area contributed by atoms with Crippen molar-refractivity contribution in [2.24, 2.45) is 5.73 Å². The van der Waals surface area contributed by atoms with Crippen LogP contribution >= 0.6 is 0 Å². The summed E-state index contributed by atoms with van der Waals surface area (Å²) in [6.45, 7) is 0.0468. The second kappa shape index (κ2) is 6.75. The highest BCUT2D eigenvalue weighted by molar-refractivity contribution is 5.33. The zero-order valence-corrected chi connectivity index (χ0v) is 11.7. The van der Waals surface area contributed by atoms with Crippen molar-refractivity contribution in [2.75, 3.05) is 6.54 Å². The predicted octanol–water partition coefficient (Wildman–Crippen LogP) is 3.77. The Labute approximate surface area is 121 Å². The van der Waals surface area contributed by atoms with Crippen molar-refractivity contribution in [3.63, 3.8) is 0 Å². The van der Waals surface area contributed by atoms with Crippen LogP contribution in [0.15, 0.2) is 18.2 Å². The molecular weight excluding hydrogens is 284 g/mol. The third-order valence-corrected chi connectivity index (χ3v) is 3.97. The molecule has 3 N–H and O–H groups in total. The first-order chi connectivity index (χ1) is 9.91. The van der Waals surface area contributed by atoms with Crippen LogP contribution in [-0.4, -0.2) is 12.6 Å². The van der Waals surface area contributed by atoms with Gasteiger partial charge in [0.25, 0.3) is 0 Å². The molecule has 0 heterocycles. The predicted molar refractivity (Wildman–Crippen MR) is 73.2 cm³/mol. The van der Waals surface area contributed by atoms with E-state index in [1.807, 2.05) is 0 Å². The Balaban J connectivity index is 2.24. The van der Waals surface area contributed by atoms with Crippen LogP contribution in [0.5, 0.6) is 0 Å². The molecule has 118 valence electrons. The third-order valence-electron chi connectivity index (χ3n) is 3.97. The zero-order valence-electron chi connectivity index (χ0n) is 11.7. The van der Waals surface area contributed by atoms with Gasteiger partial charge < -0.3 is 11.1 Å². The number of nitrogens with one attached hydrogen (secondary N) is 1. The van der Waals surface area contributed by atoms with E-state index >= 15 is 0 Å². The van der Waals surface area contributed by atoms with Gasteiger partial charge in [0.2, 0.25) is 0 Å². The average molecular weight is 304 g/mol. The van der Waals surface area contributed by atoms with Gasteiger partial charge in [-0.1, -0.05) is 25.3 Å². The molecule has 1 atom stereocenters. The Morgan fingerprint density at radius 3 is 2.43 bits per heavy atom. The van der Waals surface area contributed by atoms with Crippen molar-refractivity contribution in [1.29, 1.82) is 0 Å². The van der Waals surface area contributed by atoms with E-state index < -0.39 is 23.6 Å². The molecule has 1 unspecified atom stereocenters. The fourth-order valence-electron chi connectivity index (χ4n) is 2.92. The molecule has 2 nitrogen and oxygen atoms in total. The van der Waals surface area contributed by atoms with Gasteiger partial charge in [0.1, 0.15) is 5.82 Å². The minimum Gasteiger partial charge on any atom is -0.329 e. The van der Waals surface area contributed by atoms with E-state index in [2.05, 4.69) is 5.32 Å². The van der Waals surface area contributed by atoms with Crippen LogP contribution in [0.4, 0.5) is 17.6 Å². The molecular formula is C15H20F4N2. The van der Waals surface area contributed by atoms with E-state index in [1.54, 1.807) is 0 Å². The molecule has 0 spiro atoms. The third kappa shape index (κ3) is 4.17. The standard InChI is InChI=1S/C15H20F4N2/c16-10-6-7-12(13(8-10)15(17,18)19)14(9-20)21-11-4-2-1-3-5-11/h6-8,11,14,21H,1-5,9,20H2. The summed E-state index contributed by atoms with van der Waals surface area (Å²) < 4.78 is 52.4. The topological polar surface area (TPSA) is 38.0 Å². The molecule has 1 aliphatic rings. The van der Waals surface area contributed by atoms with Crippen molar-refractivity contribution in [3.8, 4) is 0 Å². The lowest BCUT2D eigenvalue weighted by atomic mass is 9.93. The molecule has 2 rings (SSSR count). The van der Waals surface area contributed by atoms with Crippen LogP contribution in [-0.2, 0) is 6.18 Å². The van der Waals surface area contributed by atoms with Crippen molar-refractivity contribution in [3.05, 3.63) is 35.1 Å². The summed E-state index contributed by atoms with van der Waals surface area (Å²) in [5.74, 6) is -0.889. The maximum absolute atomic E-state index is 13.2. The molecule has 6 heteroatoms. The minimum atomic E-state index is -4.58. The van der Waals surface area contributed by atoms with Gasteiger partial charge in [0, 0.05) is 18.6 Å². The molecule has 0 aliphatic heterocycles. The van der Waals surface area contributed by atoms with Crippen LogP contribution < -0.4 is 11.1 Å². The smallest absolute Gasteiger partial charge is 0.329 e. The summed E-state index contributed by atoms with van der Waals surface area (Å²) >= 11 is 0. The Hall–Kier alpha value is -1.14. The van der Waals surface area contributed by atoms with Crippen LogP contribution in [0.3, 0.4) is 0 Å². The largest absolute Gasteiger partial charge is 0.416 e. The first-order valence-corrected chi connectivity index (χ1v) is 7.24. The molecule has 1 aromatic rings. The highest BCUT2D eigenvalue weighted by Crippen LogP contribution is 2.35. The fourth-order valence-corrected chi connectivity index (χ4v) is 2.92. The summed E-state index contributed by atoms with van der Waals surface area (Å²) in [5, 5.41) is 3.21. The van der Waals surface area contributed by atoms with Crippen molar-refractivity contribution in [2.45, 2.75) is 50.4 Å². The zero-order chi connectivity index (χ0) is 15.5. The minimum absolute atomic E-state index is 0.0250. The quantitative estimate of drug-likeness (QED) is 0.831. The molecule has 0 saturated heterocycles. The average Bonchev–Trinajstić information content (AvgIpc) is 2.45. The first-order valence-electron chi connectivity index (χ1n) is 7.24. The second-order valence-corrected chi connectivity index (χ2v) is 5.52. The molecule has 0 bridgehead atoms. The number of hydrogen-bond donors (Lipinski definition) is 2. The molecule has 1 aromatic carbocycles. The molecule has 0 amide bonds. The van der Waals surface area contributed by atoms with Gasteiger partial charge in [0.05, 0.1) is 5.56 Å². The lowest BCUT2D eigenvalue weighted by Crippen LogP contribution is -2.38. The van der Waals surface area contributed by atoms with E-state index in [0.29, 0.717) is 6.07 Å². The van der Waals surface area contributed by atoms with E-state index in [-0.39, 0.29) is 18.2 Å². The van der Waals surface area contributed by atoms with Crippen molar-refractivity contribution in [1.82, 2.24) is 5.32 Å². The summed E-state index contributed by atoms with van der Waals surface area (Å²) in [5.41, 5.74) is 4.73. The number of rotatable bonds is 4. The lowest BCUT2D eigenvalue weighted by molar-refractivity contribution is -0.138. The fraction of sp³-hybridized carbons (Fsp3) is 0.600. The molecule has 0 aromatic heterocycles. The number of halogens is 4. The highest BCUT2D eigenvalue weighted by Gasteiger charge is 2.36. The second-order valence-electron chi connectivity index (χ2n) is 5.52. The van der Waals surface area contributed by atoms with Crippen LogP contribution in [0.25, 0.3) is 0 Å². The van der Waals surface area contributed by atoms with Gasteiger partial charge in [-0.2, -0.15) is 13.2 Å². The molecule has 1 saturated carbocycles. The van der Waals surface area contributed by atoms with E-state index in [0.717, 1.165) is 38.2 Å². The summed E-state index contributed by atoms with van der Waals surface area (Å²) in [4.78, 5) is 0. The van der Waals surface area contributed by atoms with Crippen molar-refractivity contribution >= 4 is 0 Å². The van der Waals surface area contributed by atoms with Gasteiger partial charge in [-0.3, -0.25) is 0 Å². The number of nitrogens with two attached hydrogens (primary N) is 1. The lowest BCUT2D eigenvalue weighted by Gasteiger charge is -2.29. The maximum atomic E-state index is 13.2. The van der Waals surface area contributed by atoms with Crippen LogP contribution in [0, 0.1) is 5.82 Å². The van der Waals surface area contributed by atoms with E-state index in [1.165, 1.54) is 6.07 Å². The van der Waals surface area contributed by atoms with Crippen LogP contribution in [0.2, 0.25) is 0 Å². The Kier molecular flexibility index (Phi) is 5.22. The molecule has 0 radical (unpaired) electrons. The van der Waals surface area contributed by atoms with Gasteiger partial charge in [-0.25, -0.2) is 4.39 Å². The van der Waals surface area contributed by atoms with Gasteiger partial charge in [0.15, 0.2) is 0 Å². The molecule has 21 heavy (non-hydrogen) atoms. The number of alkyl halides is 3. The molecule has 1 fully saturated rings. The maximum Gasteiger partial charge on any atom is 0.416 e. The summed E-state index contributed by atoms with van der Waals surface area (Å²) in [7, 11) is 0. The summed E-state index contributed by atoms with van der Waals surface area (Å²) in [6.07, 6.45) is 0.613. The monoisotopic (exact) mass is 304 g/mol. The molecule has 1 aliphatic carbocycles. The van der Waals surface area contributed by atoms with Gasteiger partial charge >= 0.3 is 6.18 Å². The SMILES string of the molecule is NCC(NC1CCCCC1)c1ccc(F)cc1C(F)(F)F.